The molecule has 0 saturated heterocycles. The van der Waals surface area contributed by atoms with Crippen molar-refractivity contribution in [1.29, 1.82) is 0 Å². The molecule has 4 rings (SSSR count). The number of anilines is 1. The summed E-state index contributed by atoms with van der Waals surface area (Å²) in [6.45, 7) is 2.73. The number of fused-ring (bicyclic) bond motifs is 2. The molecule has 2 aromatic carbocycles. The smallest absolute Gasteiger partial charge is 0.309 e. The highest BCUT2D eigenvalue weighted by atomic mass is 32.2. The number of carbonyl (C=O) groups is 1. The molecule has 7 heteroatoms. The molecule has 2 aliphatic carbocycles. The average molecular weight is 442 g/mol. The number of nitrogens with one attached hydrogen (secondary N) is 3. The predicted octanol–water partition coefficient (Wildman–Crippen LogP) is 3.86. The Morgan fingerprint density at radius 2 is 1.65 bits per heavy atom. The summed E-state index contributed by atoms with van der Waals surface area (Å²) in [7, 11) is -3.83. The fourth-order valence-electron chi connectivity index (χ4n) is 4.79. The molecule has 0 spiro atoms. The van der Waals surface area contributed by atoms with Crippen LogP contribution in [0.15, 0.2) is 36.4 Å². The van der Waals surface area contributed by atoms with Gasteiger partial charge in [0.2, 0.25) is 10.0 Å². The van der Waals surface area contributed by atoms with Crippen LogP contribution in [-0.4, -0.2) is 26.7 Å². The van der Waals surface area contributed by atoms with Crippen molar-refractivity contribution in [3.05, 3.63) is 64.2 Å². The molecule has 166 valence electrons. The Kier molecular flexibility index (Phi) is 6.62. The van der Waals surface area contributed by atoms with Gasteiger partial charge in [-0.2, -0.15) is 0 Å². The van der Waals surface area contributed by atoms with Crippen LogP contribution < -0.4 is 15.4 Å². The van der Waals surface area contributed by atoms with Crippen LogP contribution in [0.25, 0.3) is 0 Å². The van der Waals surface area contributed by atoms with Gasteiger partial charge in [-0.3, -0.25) is 0 Å². The third-order valence-corrected chi connectivity index (χ3v) is 7.46. The van der Waals surface area contributed by atoms with Gasteiger partial charge >= 0.3 is 6.03 Å². The first kappa shape index (κ1) is 21.8. The summed E-state index contributed by atoms with van der Waals surface area (Å²) in [5.74, 6) is -0.199. The third kappa shape index (κ3) is 5.10. The van der Waals surface area contributed by atoms with Gasteiger partial charge in [0.1, 0.15) is 0 Å². The van der Waals surface area contributed by atoms with Gasteiger partial charge in [0.25, 0.3) is 0 Å². The second kappa shape index (κ2) is 9.40. The number of rotatable bonds is 8. The standard InChI is InChI=1S/C24H31N3O3S/c1-2-14-25-22(17-8-4-3-5-9-17)16-31(29,30)27-24(28)26-23-20-12-6-10-18(20)15-19-11-7-13-21(19)23/h3-5,8-9,15,22,25H,2,6-7,10-14,16H2,1H3,(H2,26,27,28). The predicted molar refractivity (Wildman–Crippen MR) is 124 cm³/mol. The van der Waals surface area contributed by atoms with Gasteiger partial charge in [-0.05, 0) is 79.3 Å². The number of benzene rings is 2. The average Bonchev–Trinajstić information content (AvgIpc) is 3.40. The zero-order chi connectivity index (χ0) is 21.8. The van der Waals surface area contributed by atoms with Crippen LogP contribution >= 0.6 is 0 Å². The lowest BCUT2D eigenvalue weighted by Crippen LogP contribution is -2.40. The van der Waals surface area contributed by atoms with Crippen molar-refractivity contribution in [2.24, 2.45) is 0 Å². The number of hydrogen-bond acceptors (Lipinski definition) is 4. The zero-order valence-corrected chi connectivity index (χ0v) is 18.9. The van der Waals surface area contributed by atoms with Crippen molar-refractivity contribution in [2.75, 3.05) is 17.6 Å². The second-order valence-corrected chi connectivity index (χ2v) is 10.3. The third-order valence-electron chi connectivity index (χ3n) is 6.19. The van der Waals surface area contributed by atoms with E-state index in [0.29, 0.717) is 6.54 Å². The van der Waals surface area contributed by atoms with Crippen molar-refractivity contribution in [3.8, 4) is 0 Å². The first-order valence-electron chi connectivity index (χ1n) is 11.2. The minimum atomic E-state index is -3.83. The monoisotopic (exact) mass is 441 g/mol. The Bertz CT molecular complexity index is 1020. The number of aryl methyl sites for hydroxylation is 2. The second-order valence-electron chi connectivity index (χ2n) is 8.49. The Morgan fingerprint density at radius 1 is 1.00 bits per heavy atom. The Balaban J connectivity index is 1.48. The van der Waals surface area contributed by atoms with E-state index in [0.717, 1.165) is 56.2 Å². The van der Waals surface area contributed by atoms with E-state index in [1.54, 1.807) is 0 Å². The minimum Gasteiger partial charge on any atom is -0.309 e. The fraction of sp³-hybridized carbons (Fsp3) is 0.458. The van der Waals surface area contributed by atoms with Crippen molar-refractivity contribution in [3.63, 3.8) is 0 Å². The van der Waals surface area contributed by atoms with Gasteiger partial charge in [0.05, 0.1) is 5.75 Å². The number of carbonyl (C=O) groups excluding carboxylic acids is 1. The molecule has 1 unspecified atom stereocenters. The molecule has 3 N–H and O–H groups in total. The summed E-state index contributed by atoms with van der Waals surface area (Å²) in [6, 6.07) is 10.7. The number of hydrogen-bond donors (Lipinski definition) is 3. The van der Waals surface area contributed by atoms with E-state index in [-0.39, 0.29) is 11.8 Å². The molecule has 1 atom stereocenters. The Labute approximate surface area is 184 Å². The molecule has 2 amide bonds. The van der Waals surface area contributed by atoms with E-state index in [9.17, 15) is 13.2 Å². The summed E-state index contributed by atoms with van der Waals surface area (Å²) < 4.78 is 27.9. The van der Waals surface area contributed by atoms with E-state index in [2.05, 4.69) is 21.4 Å². The van der Waals surface area contributed by atoms with Crippen LogP contribution in [0, 0.1) is 0 Å². The topological polar surface area (TPSA) is 87.3 Å². The first-order chi connectivity index (χ1) is 15.0. The van der Waals surface area contributed by atoms with Crippen molar-refractivity contribution in [2.45, 2.75) is 57.9 Å². The largest absolute Gasteiger partial charge is 0.332 e. The molecule has 2 aliphatic rings. The van der Waals surface area contributed by atoms with Crippen LogP contribution in [-0.2, 0) is 35.7 Å². The maximum Gasteiger partial charge on any atom is 0.332 e. The molecule has 0 bridgehead atoms. The molecule has 0 fully saturated rings. The lowest BCUT2D eigenvalue weighted by Gasteiger charge is -2.20. The van der Waals surface area contributed by atoms with E-state index in [1.165, 1.54) is 22.3 Å². The first-order valence-corrected chi connectivity index (χ1v) is 12.9. The summed E-state index contributed by atoms with van der Waals surface area (Å²) in [4.78, 5) is 12.7. The zero-order valence-electron chi connectivity index (χ0n) is 18.0. The fourth-order valence-corrected chi connectivity index (χ4v) is 5.95. The molecule has 2 aromatic rings. The van der Waals surface area contributed by atoms with E-state index < -0.39 is 16.1 Å². The Hall–Kier alpha value is -2.38. The number of amides is 2. The van der Waals surface area contributed by atoms with E-state index >= 15 is 0 Å². The highest BCUT2D eigenvalue weighted by Crippen LogP contribution is 2.38. The van der Waals surface area contributed by atoms with Gasteiger partial charge in [0.15, 0.2) is 0 Å². The van der Waals surface area contributed by atoms with Crippen molar-refractivity contribution in [1.82, 2.24) is 10.0 Å². The highest BCUT2D eigenvalue weighted by molar-refractivity contribution is 7.90. The van der Waals surface area contributed by atoms with Gasteiger partial charge in [0, 0.05) is 11.7 Å². The van der Waals surface area contributed by atoms with Gasteiger partial charge in [-0.1, -0.05) is 43.3 Å². The van der Waals surface area contributed by atoms with Crippen molar-refractivity contribution < 1.29 is 13.2 Å². The molecule has 0 aromatic heterocycles. The quantitative estimate of drug-likeness (QED) is 0.581. The summed E-state index contributed by atoms with van der Waals surface area (Å²) in [6.07, 6.45) is 6.97. The molecule has 31 heavy (non-hydrogen) atoms. The summed E-state index contributed by atoms with van der Waals surface area (Å²) in [5, 5.41) is 6.19. The van der Waals surface area contributed by atoms with Gasteiger partial charge in [-0.15, -0.1) is 0 Å². The molecule has 0 aliphatic heterocycles. The molecular formula is C24H31N3O3S. The minimum absolute atomic E-state index is 0.199. The lowest BCUT2D eigenvalue weighted by molar-refractivity contribution is 0.256. The highest BCUT2D eigenvalue weighted by Gasteiger charge is 2.27. The lowest BCUT2D eigenvalue weighted by atomic mass is 9.99. The molecular weight excluding hydrogens is 410 g/mol. The van der Waals surface area contributed by atoms with Crippen LogP contribution in [0.3, 0.4) is 0 Å². The molecule has 6 nitrogen and oxygen atoms in total. The molecule has 0 radical (unpaired) electrons. The number of urea groups is 1. The van der Waals surface area contributed by atoms with Crippen LogP contribution in [0.2, 0.25) is 0 Å². The molecule has 0 heterocycles. The molecule has 0 saturated carbocycles. The van der Waals surface area contributed by atoms with Crippen LogP contribution in [0.5, 0.6) is 0 Å². The van der Waals surface area contributed by atoms with Crippen molar-refractivity contribution >= 4 is 21.7 Å². The van der Waals surface area contributed by atoms with Gasteiger partial charge < -0.3 is 10.6 Å². The van der Waals surface area contributed by atoms with Gasteiger partial charge in [-0.25, -0.2) is 17.9 Å². The van der Waals surface area contributed by atoms with E-state index in [1.807, 2.05) is 37.3 Å². The summed E-state index contributed by atoms with van der Waals surface area (Å²) >= 11 is 0. The summed E-state index contributed by atoms with van der Waals surface area (Å²) in [5.41, 5.74) is 6.69. The maximum absolute atomic E-state index is 12.8. The number of sulfonamides is 1. The SMILES string of the molecule is CCCNC(CS(=O)(=O)NC(=O)Nc1c2c(cc3c1CCC3)CCC2)c1ccccc1. The van der Waals surface area contributed by atoms with Crippen LogP contribution in [0.1, 0.15) is 60.0 Å². The van der Waals surface area contributed by atoms with E-state index in [4.69, 9.17) is 0 Å². The maximum atomic E-state index is 12.8. The normalized spacial score (nSPS) is 15.9. The van der Waals surface area contributed by atoms with Crippen LogP contribution in [0.4, 0.5) is 10.5 Å². The Morgan fingerprint density at radius 3 is 2.26 bits per heavy atom.